The predicted octanol–water partition coefficient (Wildman–Crippen LogP) is 2.58. The van der Waals surface area contributed by atoms with Gasteiger partial charge in [0.25, 0.3) is 0 Å². The van der Waals surface area contributed by atoms with E-state index in [0.717, 1.165) is 49.0 Å². The van der Waals surface area contributed by atoms with Gasteiger partial charge < -0.3 is 5.32 Å². The molecule has 2 rings (SSSR count). The molecular formula is C14H24N4S. The van der Waals surface area contributed by atoms with Gasteiger partial charge in [-0.05, 0) is 20.4 Å². The van der Waals surface area contributed by atoms with E-state index in [1.54, 1.807) is 0 Å². The second-order valence-electron chi connectivity index (χ2n) is 4.95. The Hall–Kier alpha value is -0.810. The Balaban J connectivity index is 2.26. The van der Waals surface area contributed by atoms with Crippen LogP contribution < -0.4 is 5.32 Å². The summed E-state index contributed by atoms with van der Waals surface area (Å²) in [6.07, 6.45) is 2.15. The molecule has 1 aliphatic rings. The summed E-state index contributed by atoms with van der Waals surface area (Å²) in [5.41, 5.74) is 1.16. The van der Waals surface area contributed by atoms with Crippen molar-refractivity contribution in [1.29, 1.82) is 0 Å². The van der Waals surface area contributed by atoms with Crippen molar-refractivity contribution in [2.24, 2.45) is 0 Å². The lowest BCUT2D eigenvalue weighted by molar-refractivity contribution is 0.264. The van der Waals surface area contributed by atoms with Crippen molar-refractivity contribution in [3.63, 3.8) is 0 Å². The summed E-state index contributed by atoms with van der Waals surface area (Å²) in [5, 5.41) is 3.32. The second-order valence-corrected chi connectivity index (χ2v) is 6.10. The van der Waals surface area contributed by atoms with Crippen LogP contribution in [0.5, 0.6) is 0 Å². The molecule has 1 saturated heterocycles. The van der Waals surface area contributed by atoms with Gasteiger partial charge in [0.15, 0.2) is 0 Å². The zero-order valence-corrected chi connectivity index (χ0v) is 13.0. The maximum absolute atomic E-state index is 4.77. The van der Waals surface area contributed by atoms with Crippen LogP contribution >= 0.6 is 11.8 Å². The molecule has 1 aliphatic heterocycles. The minimum Gasteiger partial charge on any atom is -0.370 e. The number of hydrogen-bond acceptors (Lipinski definition) is 5. The molecule has 5 heteroatoms. The van der Waals surface area contributed by atoms with Crippen LogP contribution in [0.15, 0.2) is 6.07 Å². The number of nitrogens with one attached hydrogen (secondary N) is 1. The summed E-state index contributed by atoms with van der Waals surface area (Å²) in [7, 11) is 2.17. The Kier molecular flexibility index (Phi) is 5.45. The van der Waals surface area contributed by atoms with E-state index in [1.807, 2.05) is 11.8 Å². The third-order valence-corrected chi connectivity index (χ3v) is 4.38. The molecule has 2 heterocycles. The van der Waals surface area contributed by atoms with Crippen LogP contribution in [0.2, 0.25) is 0 Å². The van der Waals surface area contributed by atoms with Gasteiger partial charge in [-0.25, -0.2) is 9.97 Å². The van der Waals surface area contributed by atoms with Crippen LogP contribution in [0, 0.1) is 0 Å². The minimum atomic E-state index is 0.355. The first-order valence-electron chi connectivity index (χ1n) is 7.14. The molecule has 1 atom stereocenters. The van der Waals surface area contributed by atoms with Crippen LogP contribution in [0.3, 0.4) is 0 Å². The molecule has 0 amide bonds. The molecule has 0 aliphatic carbocycles. The van der Waals surface area contributed by atoms with Gasteiger partial charge in [0.05, 0.1) is 6.04 Å². The number of rotatable bonds is 5. The molecule has 4 nitrogen and oxygen atoms in total. The smallest absolute Gasteiger partial charge is 0.148 e. The van der Waals surface area contributed by atoms with E-state index < -0.39 is 0 Å². The quantitative estimate of drug-likeness (QED) is 0.898. The molecule has 106 valence electrons. The maximum Gasteiger partial charge on any atom is 0.148 e. The van der Waals surface area contributed by atoms with Crippen LogP contribution in [0.4, 0.5) is 5.82 Å². The lowest BCUT2D eigenvalue weighted by Gasteiger charge is -2.31. The normalized spacial score (nSPS) is 20.5. The predicted molar refractivity (Wildman–Crippen MR) is 82.9 cm³/mol. The second kappa shape index (κ2) is 7.10. The van der Waals surface area contributed by atoms with Crippen LogP contribution in [-0.2, 0) is 6.42 Å². The number of nitrogens with zero attached hydrogens (tertiary/aromatic N) is 3. The monoisotopic (exact) mass is 280 g/mol. The molecule has 0 saturated carbocycles. The van der Waals surface area contributed by atoms with Crippen LogP contribution in [0.25, 0.3) is 0 Å². The highest BCUT2D eigenvalue weighted by atomic mass is 32.2. The van der Waals surface area contributed by atoms with Crippen molar-refractivity contribution < 1.29 is 0 Å². The van der Waals surface area contributed by atoms with Gasteiger partial charge in [-0.3, -0.25) is 4.90 Å². The molecule has 1 N–H and O–H groups in total. The number of aromatic nitrogens is 2. The van der Waals surface area contributed by atoms with E-state index in [1.165, 1.54) is 5.75 Å². The fourth-order valence-corrected chi connectivity index (χ4v) is 3.49. The number of aryl methyl sites for hydroxylation is 1. The summed E-state index contributed by atoms with van der Waals surface area (Å²) in [5.74, 6) is 4.26. The highest BCUT2D eigenvalue weighted by Gasteiger charge is 2.24. The van der Waals surface area contributed by atoms with Crippen LogP contribution in [-0.4, -0.2) is 46.5 Å². The van der Waals surface area contributed by atoms with Crippen molar-refractivity contribution in [1.82, 2.24) is 14.9 Å². The SMILES string of the molecule is CCCc1cc(NCC)nc(C2CSCCN2C)n1. The Bertz CT molecular complexity index is 386. The van der Waals surface area contributed by atoms with Gasteiger partial charge in [0.1, 0.15) is 11.6 Å². The van der Waals surface area contributed by atoms with Crippen molar-refractivity contribution in [2.75, 3.05) is 37.0 Å². The summed E-state index contributed by atoms with van der Waals surface area (Å²) in [6, 6.07) is 2.44. The average molecular weight is 280 g/mol. The van der Waals surface area contributed by atoms with E-state index in [0.29, 0.717) is 6.04 Å². The van der Waals surface area contributed by atoms with Gasteiger partial charge in [0, 0.05) is 36.4 Å². The van der Waals surface area contributed by atoms with E-state index in [2.05, 4.69) is 37.2 Å². The molecule has 0 aromatic carbocycles. The zero-order chi connectivity index (χ0) is 13.7. The zero-order valence-electron chi connectivity index (χ0n) is 12.1. The summed E-state index contributed by atoms with van der Waals surface area (Å²) >= 11 is 2.00. The van der Waals surface area contributed by atoms with Gasteiger partial charge >= 0.3 is 0 Å². The summed E-state index contributed by atoms with van der Waals surface area (Å²) < 4.78 is 0. The van der Waals surface area contributed by atoms with E-state index in [4.69, 9.17) is 9.97 Å². The lowest BCUT2D eigenvalue weighted by Crippen LogP contribution is -2.34. The highest BCUT2D eigenvalue weighted by molar-refractivity contribution is 7.99. The fourth-order valence-electron chi connectivity index (χ4n) is 2.28. The van der Waals surface area contributed by atoms with Crippen molar-refractivity contribution in [3.05, 3.63) is 17.6 Å². The molecule has 1 aromatic rings. The number of anilines is 1. The average Bonchev–Trinajstić information content (AvgIpc) is 2.40. The van der Waals surface area contributed by atoms with Gasteiger partial charge in [-0.2, -0.15) is 11.8 Å². The standard InChI is InChI=1S/C14H24N4S/c1-4-6-11-9-13(15-5-2)17-14(16-11)12-10-19-8-7-18(12)3/h9,12H,4-8,10H2,1-3H3,(H,15,16,17). The topological polar surface area (TPSA) is 41.1 Å². The first kappa shape index (κ1) is 14.6. The minimum absolute atomic E-state index is 0.355. The first-order valence-corrected chi connectivity index (χ1v) is 8.29. The molecule has 1 aromatic heterocycles. The molecule has 19 heavy (non-hydrogen) atoms. The molecule has 0 bridgehead atoms. The Morgan fingerprint density at radius 2 is 2.26 bits per heavy atom. The first-order chi connectivity index (χ1) is 9.24. The number of thioether (sulfide) groups is 1. The summed E-state index contributed by atoms with van der Waals surface area (Å²) in [4.78, 5) is 11.8. The molecular weight excluding hydrogens is 256 g/mol. The third-order valence-electron chi connectivity index (χ3n) is 3.35. The van der Waals surface area contributed by atoms with Crippen LogP contribution in [0.1, 0.15) is 37.8 Å². The van der Waals surface area contributed by atoms with Crippen molar-refractivity contribution >= 4 is 17.6 Å². The third kappa shape index (κ3) is 3.83. The Labute approximate surface area is 120 Å². The molecule has 0 spiro atoms. The lowest BCUT2D eigenvalue weighted by atomic mass is 10.2. The maximum atomic E-state index is 4.77. The molecule has 0 radical (unpaired) electrons. The number of hydrogen-bond donors (Lipinski definition) is 1. The van der Waals surface area contributed by atoms with E-state index >= 15 is 0 Å². The fraction of sp³-hybridized carbons (Fsp3) is 0.714. The van der Waals surface area contributed by atoms with E-state index in [9.17, 15) is 0 Å². The van der Waals surface area contributed by atoms with Gasteiger partial charge in [-0.1, -0.05) is 13.3 Å². The van der Waals surface area contributed by atoms with Crippen molar-refractivity contribution in [2.45, 2.75) is 32.7 Å². The largest absolute Gasteiger partial charge is 0.370 e. The Morgan fingerprint density at radius 1 is 1.42 bits per heavy atom. The Morgan fingerprint density at radius 3 is 2.95 bits per heavy atom. The van der Waals surface area contributed by atoms with E-state index in [-0.39, 0.29) is 0 Å². The molecule has 1 fully saturated rings. The molecule has 1 unspecified atom stereocenters. The summed E-state index contributed by atoms with van der Waals surface area (Å²) in [6.45, 7) is 6.31. The van der Waals surface area contributed by atoms with Crippen molar-refractivity contribution in [3.8, 4) is 0 Å². The highest BCUT2D eigenvalue weighted by Crippen LogP contribution is 2.27. The van der Waals surface area contributed by atoms with Gasteiger partial charge in [-0.15, -0.1) is 0 Å². The van der Waals surface area contributed by atoms with Gasteiger partial charge in [0.2, 0.25) is 0 Å².